The lowest BCUT2D eigenvalue weighted by atomic mass is 10.3. The van der Waals surface area contributed by atoms with Gasteiger partial charge in [-0.05, 0) is 27.7 Å². The lowest BCUT2D eigenvalue weighted by Crippen LogP contribution is -2.33. The molecular weight excluding hydrogens is 250 g/mol. The SMILES string of the molecule is Cc1cnc(C(=O)NCC[S@@](=O)C(C)(C)C)cn1. The van der Waals surface area contributed by atoms with Crippen LogP contribution in [0, 0.1) is 6.92 Å². The zero-order chi connectivity index (χ0) is 13.8. The van der Waals surface area contributed by atoms with Gasteiger partial charge in [0, 0.05) is 34.0 Å². The van der Waals surface area contributed by atoms with Gasteiger partial charge in [0.05, 0.1) is 11.9 Å². The molecule has 0 aliphatic carbocycles. The number of hydrogen-bond acceptors (Lipinski definition) is 4. The van der Waals surface area contributed by atoms with Crippen LogP contribution < -0.4 is 5.32 Å². The highest BCUT2D eigenvalue weighted by molar-refractivity contribution is 7.86. The molecule has 0 fully saturated rings. The monoisotopic (exact) mass is 269 g/mol. The third-order valence-corrected chi connectivity index (χ3v) is 4.21. The van der Waals surface area contributed by atoms with Gasteiger partial charge in [0.1, 0.15) is 5.69 Å². The maximum Gasteiger partial charge on any atom is 0.271 e. The average molecular weight is 269 g/mol. The molecule has 0 saturated heterocycles. The van der Waals surface area contributed by atoms with Gasteiger partial charge in [-0.3, -0.25) is 14.0 Å². The van der Waals surface area contributed by atoms with Crippen LogP contribution in [0.3, 0.4) is 0 Å². The molecule has 5 nitrogen and oxygen atoms in total. The summed E-state index contributed by atoms with van der Waals surface area (Å²) in [6, 6.07) is 0. The fraction of sp³-hybridized carbons (Fsp3) is 0.583. The summed E-state index contributed by atoms with van der Waals surface area (Å²) in [5.41, 5.74) is 1.04. The Morgan fingerprint density at radius 2 is 2.00 bits per heavy atom. The number of hydrogen-bond donors (Lipinski definition) is 1. The molecule has 0 aliphatic heterocycles. The van der Waals surface area contributed by atoms with E-state index in [0.717, 1.165) is 5.69 Å². The van der Waals surface area contributed by atoms with Crippen LogP contribution in [0.4, 0.5) is 0 Å². The molecule has 0 aromatic carbocycles. The van der Waals surface area contributed by atoms with E-state index in [9.17, 15) is 9.00 Å². The van der Waals surface area contributed by atoms with E-state index in [4.69, 9.17) is 0 Å². The third-order valence-electron chi connectivity index (χ3n) is 2.27. The van der Waals surface area contributed by atoms with Crippen molar-refractivity contribution in [2.45, 2.75) is 32.4 Å². The molecule has 1 aromatic rings. The molecule has 1 heterocycles. The van der Waals surface area contributed by atoms with E-state index in [1.165, 1.54) is 6.20 Å². The summed E-state index contributed by atoms with van der Waals surface area (Å²) in [4.78, 5) is 19.6. The van der Waals surface area contributed by atoms with Crippen LogP contribution in [0.5, 0.6) is 0 Å². The van der Waals surface area contributed by atoms with Crippen molar-refractivity contribution in [3.63, 3.8) is 0 Å². The number of carbonyl (C=O) groups excluding carboxylic acids is 1. The van der Waals surface area contributed by atoms with Gasteiger partial charge < -0.3 is 5.32 Å². The first kappa shape index (κ1) is 14.8. The van der Waals surface area contributed by atoms with E-state index in [0.29, 0.717) is 12.3 Å². The summed E-state index contributed by atoms with van der Waals surface area (Å²) in [5, 5.41) is 2.69. The summed E-state index contributed by atoms with van der Waals surface area (Å²) in [5.74, 6) is 0.155. The highest BCUT2D eigenvalue weighted by Crippen LogP contribution is 2.10. The van der Waals surface area contributed by atoms with E-state index in [1.54, 1.807) is 13.1 Å². The van der Waals surface area contributed by atoms with Gasteiger partial charge >= 0.3 is 0 Å². The van der Waals surface area contributed by atoms with Crippen LogP contribution in [-0.4, -0.2) is 37.1 Å². The minimum atomic E-state index is -0.965. The fourth-order valence-electron chi connectivity index (χ4n) is 1.16. The summed E-state index contributed by atoms with van der Waals surface area (Å²) in [7, 11) is -0.965. The predicted octanol–water partition coefficient (Wildman–Crippen LogP) is 1.06. The van der Waals surface area contributed by atoms with Crippen LogP contribution in [0.1, 0.15) is 37.0 Å². The Balaban J connectivity index is 2.43. The third kappa shape index (κ3) is 4.52. The Bertz CT molecular complexity index is 438. The highest BCUT2D eigenvalue weighted by atomic mass is 32.2. The molecular formula is C12H19N3O2S. The zero-order valence-corrected chi connectivity index (χ0v) is 12.0. The Labute approximate surface area is 110 Å². The molecule has 6 heteroatoms. The first-order valence-corrected chi connectivity index (χ1v) is 7.08. The molecule has 1 aromatic heterocycles. The molecule has 1 rings (SSSR count). The zero-order valence-electron chi connectivity index (χ0n) is 11.2. The molecule has 0 spiro atoms. The molecule has 0 unspecified atom stereocenters. The minimum Gasteiger partial charge on any atom is -0.350 e. The van der Waals surface area contributed by atoms with Crippen LogP contribution in [0.25, 0.3) is 0 Å². The molecule has 0 aliphatic rings. The fourth-order valence-corrected chi connectivity index (χ4v) is 2.06. The number of nitrogens with one attached hydrogen (secondary N) is 1. The lowest BCUT2D eigenvalue weighted by molar-refractivity contribution is 0.0950. The van der Waals surface area contributed by atoms with Crippen molar-refractivity contribution in [2.24, 2.45) is 0 Å². The van der Waals surface area contributed by atoms with Crippen molar-refractivity contribution in [2.75, 3.05) is 12.3 Å². The largest absolute Gasteiger partial charge is 0.350 e. The molecule has 0 radical (unpaired) electrons. The normalized spacial score (nSPS) is 13.1. The summed E-state index contributed by atoms with van der Waals surface area (Å²) in [6.07, 6.45) is 2.98. The number of amides is 1. The second kappa shape index (κ2) is 6.04. The quantitative estimate of drug-likeness (QED) is 0.887. The smallest absolute Gasteiger partial charge is 0.271 e. The van der Waals surface area contributed by atoms with Gasteiger partial charge in [-0.2, -0.15) is 0 Å². The lowest BCUT2D eigenvalue weighted by Gasteiger charge is -2.17. The summed E-state index contributed by atoms with van der Waals surface area (Å²) in [6.45, 7) is 7.92. The van der Waals surface area contributed by atoms with Crippen molar-refractivity contribution in [3.05, 3.63) is 23.8 Å². The second-order valence-electron chi connectivity index (χ2n) is 4.96. The molecule has 0 saturated carbocycles. The molecule has 0 bridgehead atoms. The Morgan fingerprint density at radius 3 is 2.50 bits per heavy atom. The molecule has 1 atom stereocenters. The molecule has 1 N–H and O–H groups in total. The van der Waals surface area contributed by atoms with Gasteiger partial charge in [-0.1, -0.05) is 0 Å². The molecule has 18 heavy (non-hydrogen) atoms. The molecule has 100 valence electrons. The second-order valence-corrected chi connectivity index (χ2v) is 7.28. The van der Waals surface area contributed by atoms with E-state index in [-0.39, 0.29) is 16.3 Å². The van der Waals surface area contributed by atoms with Crippen molar-refractivity contribution in [1.82, 2.24) is 15.3 Å². The van der Waals surface area contributed by atoms with Gasteiger partial charge in [0.25, 0.3) is 5.91 Å². The highest BCUT2D eigenvalue weighted by Gasteiger charge is 2.19. The maximum absolute atomic E-state index is 11.8. The van der Waals surface area contributed by atoms with Gasteiger partial charge in [0.15, 0.2) is 0 Å². The van der Waals surface area contributed by atoms with Crippen LogP contribution in [-0.2, 0) is 10.8 Å². The van der Waals surface area contributed by atoms with E-state index in [1.807, 2.05) is 20.8 Å². The Morgan fingerprint density at radius 1 is 1.33 bits per heavy atom. The first-order valence-electron chi connectivity index (χ1n) is 5.76. The van der Waals surface area contributed by atoms with Crippen LogP contribution in [0.2, 0.25) is 0 Å². The van der Waals surface area contributed by atoms with E-state index >= 15 is 0 Å². The number of carbonyl (C=O) groups is 1. The van der Waals surface area contributed by atoms with E-state index in [2.05, 4.69) is 15.3 Å². The van der Waals surface area contributed by atoms with Gasteiger partial charge in [-0.15, -0.1) is 0 Å². The standard InChI is InChI=1S/C12H19N3O2S/c1-9-7-15-10(8-14-9)11(16)13-5-6-18(17)12(2,3)4/h7-8H,5-6H2,1-4H3,(H,13,16)/t18-/m1/s1. The first-order chi connectivity index (χ1) is 8.30. The predicted molar refractivity (Wildman–Crippen MR) is 71.9 cm³/mol. The van der Waals surface area contributed by atoms with Crippen molar-refractivity contribution < 1.29 is 9.00 Å². The van der Waals surface area contributed by atoms with E-state index < -0.39 is 10.8 Å². The van der Waals surface area contributed by atoms with Crippen molar-refractivity contribution in [3.8, 4) is 0 Å². The maximum atomic E-state index is 11.8. The summed E-state index contributed by atoms with van der Waals surface area (Å²) < 4.78 is 11.5. The Kier molecular flexibility index (Phi) is 4.95. The van der Waals surface area contributed by atoms with Crippen molar-refractivity contribution >= 4 is 16.7 Å². The number of rotatable bonds is 4. The van der Waals surface area contributed by atoms with Gasteiger partial charge in [0.2, 0.25) is 0 Å². The van der Waals surface area contributed by atoms with Crippen LogP contribution >= 0.6 is 0 Å². The average Bonchev–Trinajstić information content (AvgIpc) is 2.28. The number of aryl methyl sites for hydroxylation is 1. The minimum absolute atomic E-state index is 0.256. The molecule has 1 amide bonds. The van der Waals surface area contributed by atoms with Crippen molar-refractivity contribution in [1.29, 1.82) is 0 Å². The van der Waals surface area contributed by atoms with Crippen LogP contribution in [0.15, 0.2) is 12.4 Å². The van der Waals surface area contributed by atoms with Gasteiger partial charge in [-0.25, -0.2) is 4.98 Å². The number of nitrogens with zero attached hydrogens (tertiary/aromatic N) is 2. The Hall–Kier alpha value is -1.30. The summed E-state index contributed by atoms with van der Waals surface area (Å²) >= 11 is 0. The topological polar surface area (TPSA) is 72.0 Å². The number of aromatic nitrogens is 2.